The molecule has 2 heterocycles. The number of hydrogen-bond acceptors (Lipinski definition) is 4. The second kappa shape index (κ2) is 5.17. The van der Waals surface area contributed by atoms with E-state index < -0.39 is 0 Å². The van der Waals surface area contributed by atoms with Crippen molar-refractivity contribution >= 4 is 32.7 Å². The van der Waals surface area contributed by atoms with Crippen LogP contribution in [0.1, 0.15) is 0 Å². The monoisotopic (exact) mass is 328 g/mol. The van der Waals surface area contributed by atoms with Crippen LogP contribution in [0.2, 0.25) is 0 Å². The van der Waals surface area contributed by atoms with Crippen molar-refractivity contribution in [1.82, 2.24) is 15.0 Å². The number of rotatable bonds is 2. The Morgan fingerprint density at radius 3 is 2.70 bits per heavy atom. The minimum Gasteiger partial charge on any atom is -0.378 e. The van der Waals surface area contributed by atoms with Gasteiger partial charge in [-0.3, -0.25) is 0 Å². The van der Waals surface area contributed by atoms with Crippen molar-refractivity contribution in [3.05, 3.63) is 47.2 Å². The summed E-state index contributed by atoms with van der Waals surface area (Å²) in [7, 11) is 4.02. The molecule has 0 bridgehead atoms. The Labute approximate surface area is 125 Å². The fraction of sp³-hybridized carbons (Fsp3) is 0.133. The lowest BCUT2D eigenvalue weighted by Crippen LogP contribution is -2.08. The van der Waals surface area contributed by atoms with Crippen LogP contribution in [0.5, 0.6) is 0 Å². The lowest BCUT2D eigenvalue weighted by molar-refractivity contribution is 1.13. The molecule has 0 atom stereocenters. The zero-order valence-corrected chi connectivity index (χ0v) is 12.8. The zero-order valence-electron chi connectivity index (χ0n) is 11.2. The fourth-order valence-electron chi connectivity index (χ4n) is 1.96. The first-order valence-corrected chi connectivity index (χ1v) is 6.99. The van der Waals surface area contributed by atoms with Gasteiger partial charge in [-0.2, -0.15) is 0 Å². The molecule has 1 aromatic carbocycles. The summed E-state index contributed by atoms with van der Waals surface area (Å²) in [6, 6.07) is 9.96. The molecule has 0 amide bonds. The van der Waals surface area contributed by atoms with E-state index in [1.165, 1.54) is 0 Å². The third kappa shape index (κ3) is 2.36. The van der Waals surface area contributed by atoms with E-state index in [2.05, 4.69) is 41.8 Å². The van der Waals surface area contributed by atoms with Gasteiger partial charge >= 0.3 is 0 Å². The van der Waals surface area contributed by atoms with Crippen LogP contribution in [0, 0.1) is 0 Å². The number of anilines is 1. The van der Waals surface area contributed by atoms with E-state index in [4.69, 9.17) is 0 Å². The average molecular weight is 329 g/mol. The average Bonchev–Trinajstić information content (AvgIpc) is 2.46. The SMILES string of the molecule is CN(C)c1ccc(-c2ncc3cccnc3n2)c(Br)c1. The summed E-state index contributed by atoms with van der Waals surface area (Å²) in [4.78, 5) is 15.3. The third-order valence-electron chi connectivity index (χ3n) is 3.06. The summed E-state index contributed by atoms with van der Waals surface area (Å²) >= 11 is 3.59. The lowest BCUT2D eigenvalue weighted by Gasteiger charge is -2.14. The van der Waals surface area contributed by atoms with Crippen LogP contribution in [0.4, 0.5) is 5.69 Å². The topological polar surface area (TPSA) is 41.9 Å². The summed E-state index contributed by atoms with van der Waals surface area (Å²) in [6.07, 6.45) is 3.54. The molecule has 20 heavy (non-hydrogen) atoms. The molecule has 3 aromatic rings. The van der Waals surface area contributed by atoms with Gasteiger partial charge in [0, 0.05) is 47.6 Å². The lowest BCUT2D eigenvalue weighted by atomic mass is 10.2. The molecule has 0 aliphatic rings. The van der Waals surface area contributed by atoms with Crippen molar-refractivity contribution in [3.63, 3.8) is 0 Å². The largest absolute Gasteiger partial charge is 0.378 e. The number of benzene rings is 1. The van der Waals surface area contributed by atoms with Gasteiger partial charge in [-0.1, -0.05) is 0 Å². The number of fused-ring (bicyclic) bond motifs is 1. The summed E-state index contributed by atoms with van der Waals surface area (Å²) in [6.45, 7) is 0. The van der Waals surface area contributed by atoms with Crippen molar-refractivity contribution in [2.24, 2.45) is 0 Å². The first-order valence-electron chi connectivity index (χ1n) is 6.20. The summed E-state index contributed by atoms with van der Waals surface area (Å²) in [5.41, 5.74) is 2.80. The van der Waals surface area contributed by atoms with Crippen molar-refractivity contribution in [2.75, 3.05) is 19.0 Å². The zero-order chi connectivity index (χ0) is 14.1. The molecule has 0 N–H and O–H groups in total. The van der Waals surface area contributed by atoms with E-state index >= 15 is 0 Å². The number of aromatic nitrogens is 3. The van der Waals surface area contributed by atoms with Gasteiger partial charge in [-0.05, 0) is 46.3 Å². The molecule has 0 saturated carbocycles. The fourth-order valence-corrected chi connectivity index (χ4v) is 2.50. The molecule has 4 nitrogen and oxygen atoms in total. The molecule has 0 saturated heterocycles. The Morgan fingerprint density at radius 1 is 1.10 bits per heavy atom. The van der Waals surface area contributed by atoms with Gasteiger partial charge in [0.25, 0.3) is 0 Å². The third-order valence-corrected chi connectivity index (χ3v) is 3.72. The number of nitrogens with zero attached hydrogens (tertiary/aromatic N) is 4. The standard InChI is InChI=1S/C15H13BrN4/c1-20(2)11-5-6-12(13(16)8-11)15-18-9-10-4-3-7-17-14(10)19-15/h3-9H,1-2H3. The summed E-state index contributed by atoms with van der Waals surface area (Å²) in [5.74, 6) is 0.674. The first-order chi connectivity index (χ1) is 9.65. The molecule has 5 heteroatoms. The number of halogens is 1. The molecular weight excluding hydrogens is 316 g/mol. The Kier molecular flexibility index (Phi) is 3.36. The predicted octanol–water partition coefficient (Wildman–Crippen LogP) is 3.52. The van der Waals surface area contributed by atoms with Crippen LogP contribution in [-0.4, -0.2) is 29.0 Å². The van der Waals surface area contributed by atoms with Gasteiger partial charge in [0.15, 0.2) is 11.5 Å². The van der Waals surface area contributed by atoms with E-state index in [-0.39, 0.29) is 0 Å². The van der Waals surface area contributed by atoms with Gasteiger partial charge in [0.1, 0.15) is 0 Å². The van der Waals surface area contributed by atoms with E-state index in [1.54, 1.807) is 12.4 Å². The summed E-state index contributed by atoms with van der Waals surface area (Å²) in [5, 5.41) is 0.942. The van der Waals surface area contributed by atoms with Crippen molar-refractivity contribution in [2.45, 2.75) is 0 Å². The van der Waals surface area contributed by atoms with Crippen LogP contribution >= 0.6 is 15.9 Å². The minimum atomic E-state index is 0.674. The summed E-state index contributed by atoms with van der Waals surface area (Å²) < 4.78 is 0.971. The molecular formula is C15H13BrN4. The van der Waals surface area contributed by atoms with E-state index in [0.717, 1.165) is 21.1 Å². The normalized spacial score (nSPS) is 10.8. The van der Waals surface area contributed by atoms with Gasteiger partial charge in [0.05, 0.1) is 0 Å². The van der Waals surface area contributed by atoms with Gasteiger partial charge in [-0.25, -0.2) is 15.0 Å². The van der Waals surface area contributed by atoms with Crippen LogP contribution in [0.15, 0.2) is 47.2 Å². The highest BCUT2D eigenvalue weighted by atomic mass is 79.9. The van der Waals surface area contributed by atoms with Gasteiger partial charge in [0.2, 0.25) is 0 Å². The molecule has 3 rings (SSSR count). The Balaban J connectivity index is 2.10. The second-order valence-corrected chi connectivity index (χ2v) is 5.52. The Morgan fingerprint density at radius 2 is 1.95 bits per heavy atom. The molecule has 0 aliphatic carbocycles. The maximum Gasteiger partial charge on any atom is 0.163 e. The van der Waals surface area contributed by atoms with Crippen LogP contribution in [0.3, 0.4) is 0 Å². The molecule has 2 aromatic heterocycles. The van der Waals surface area contributed by atoms with Crippen molar-refractivity contribution in [1.29, 1.82) is 0 Å². The Bertz CT molecular complexity index is 771. The van der Waals surface area contributed by atoms with Crippen LogP contribution in [-0.2, 0) is 0 Å². The molecule has 0 fully saturated rings. The quantitative estimate of drug-likeness (QED) is 0.721. The van der Waals surface area contributed by atoms with Crippen molar-refractivity contribution < 1.29 is 0 Å². The maximum atomic E-state index is 4.51. The predicted molar refractivity (Wildman–Crippen MR) is 84.8 cm³/mol. The maximum absolute atomic E-state index is 4.51. The highest BCUT2D eigenvalue weighted by Gasteiger charge is 2.09. The molecule has 100 valence electrons. The van der Waals surface area contributed by atoms with Crippen molar-refractivity contribution in [3.8, 4) is 11.4 Å². The van der Waals surface area contributed by atoms with Gasteiger partial charge < -0.3 is 4.90 Å². The number of pyridine rings is 1. The molecule has 0 unspecified atom stereocenters. The van der Waals surface area contributed by atoms with Crippen LogP contribution < -0.4 is 4.90 Å². The second-order valence-electron chi connectivity index (χ2n) is 4.67. The van der Waals surface area contributed by atoms with Gasteiger partial charge in [-0.15, -0.1) is 0 Å². The van der Waals surface area contributed by atoms with E-state index in [1.807, 2.05) is 38.4 Å². The minimum absolute atomic E-state index is 0.674. The smallest absolute Gasteiger partial charge is 0.163 e. The van der Waals surface area contributed by atoms with E-state index in [0.29, 0.717) is 11.5 Å². The van der Waals surface area contributed by atoms with Crippen LogP contribution in [0.25, 0.3) is 22.4 Å². The number of hydrogen-bond donors (Lipinski definition) is 0. The highest BCUT2D eigenvalue weighted by Crippen LogP contribution is 2.29. The highest BCUT2D eigenvalue weighted by molar-refractivity contribution is 9.10. The molecule has 0 radical (unpaired) electrons. The molecule has 0 spiro atoms. The molecule has 0 aliphatic heterocycles. The Hall–Kier alpha value is -2.01. The van der Waals surface area contributed by atoms with E-state index in [9.17, 15) is 0 Å². The first kappa shape index (κ1) is 13.0.